The van der Waals surface area contributed by atoms with Crippen molar-refractivity contribution in [3.05, 3.63) is 29.8 Å². The number of nitrogens with zero attached hydrogens (tertiary/aromatic N) is 1. The Morgan fingerprint density at radius 1 is 1.43 bits per heavy atom. The van der Waals surface area contributed by atoms with E-state index in [1.54, 1.807) is 7.11 Å². The highest BCUT2D eigenvalue weighted by atomic mass is 32.1. The first-order chi connectivity index (χ1) is 6.76. The second-order valence-corrected chi connectivity index (χ2v) is 3.76. The van der Waals surface area contributed by atoms with Gasteiger partial charge < -0.3 is 9.64 Å². The predicted octanol–water partition coefficient (Wildman–Crippen LogP) is 2.06. The third-order valence-corrected chi connectivity index (χ3v) is 2.27. The van der Waals surface area contributed by atoms with Crippen LogP contribution in [-0.4, -0.2) is 31.4 Å². The maximum absolute atomic E-state index is 5.16. The lowest BCUT2D eigenvalue weighted by Gasteiger charge is -2.15. The van der Waals surface area contributed by atoms with Crippen LogP contribution in [0.3, 0.4) is 0 Å². The molecular weight excluding hydrogens is 194 g/mol. The summed E-state index contributed by atoms with van der Waals surface area (Å²) in [6.07, 6.45) is 0. The molecule has 0 saturated carbocycles. The predicted molar refractivity (Wildman–Crippen MR) is 63.2 cm³/mol. The summed E-state index contributed by atoms with van der Waals surface area (Å²) in [5.74, 6) is 1.81. The number of methoxy groups -OCH3 is 1. The number of thiol groups is 1. The van der Waals surface area contributed by atoms with Gasteiger partial charge in [-0.1, -0.05) is 12.1 Å². The van der Waals surface area contributed by atoms with Gasteiger partial charge in [0.2, 0.25) is 0 Å². The minimum absolute atomic E-state index is 0.889. The molecular formula is C11H17NOS. The zero-order valence-electron chi connectivity index (χ0n) is 8.73. The Labute approximate surface area is 91.3 Å². The van der Waals surface area contributed by atoms with Crippen molar-refractivity contribution in [2.45, 2.75) is 6.54 Å². The summed E-state index contributed by atoms with van der Waals surface area (Å²) < 4.78 is 5.16. The fourth-order valence-electron chi connectivity index (χ4n) is 1.33. The summed E-state index contributed by atoms with van der Waals surface area (Å²) in [5, 5.41) is 0. The summed E-state index contributed by atoms with van der Waals surface area (Å²) in [6, 6.07) is 8.15. The van der Waals surface area contributed by atoms with Gasteiger partial charge in [-0.25, -0.2) is 0 Å². The minimum Gasteiger partial charge on any atom is -0.497 e. The molecule has 0 saturated heterocycles. The van der Waals surface area contributed by atoms with Crippen LogP contribution in [0.5, 0.6) is 5.75 Å². The molecule has 0 atom stereocenters. The lowest BCUT2D eigenvalue weighted by molar-refractivity contribution is 0.347. The van der Waals surface area contributed by atoms with Gasteiger partial charge in [0.25, 0.3) is 0 Å². The number of rotatable bonds is 5. The SMILES string of the molecule is COc1cccc(CN(C)CCS)c1. The van der Waals surface area contributed by atoms with Crippen molar-refractivity contribution in [2.24, 2.45) is 0 Å². The van der Waals surface area contributed by atoms with Crippen molar-refractivity contribution in [1.82, 2.24) is 4.90 Å². The molecule has 0 aliphatic heterocycles. The Morgan fingerprint density at radius 2 is 2.21 bits per heavy atom. The van der Waals surface area contributed by atoms with Crippen LogP contribution in [0.15, 0.2) is 24.3 Å². The third-order valence-electron chi connectivity index (χ3n) is 2.07. The second-order valence-electron chi connectivity index (χ2n) is 3.31. The molecule has 0 unspecified atom stereocenters. The molecule has 0 N–H and O–H groups in total. The molecule has 14 heavy (non-hydrogen) atoms. The molecule has 3 heteroatoms. The molecule has 1 aromatic carbocycles. The van der Waals surface area contributed by atoms with E-state index in [1.165, 1.54) is 5.56 Å². The molecule has 0 amide bonds. The van der Waals surface area contributed by atoms with Crippen molar-refractivity contribution >= 4 is 12.6 Å². The monoisotopic (exact) mass is 211 g/mol. The van der Waals surface area contributed by atoms with Crippen molar-refractivity contribution in [2.75, 3.05) is 26.5 Å². The normalized spacial score (nSPS) is 10.6. The van der Waals surface area contributed by atoms with Gasteiger partial charge in [0.15, 0.2) is 0 Å². The lowest BCUT2D eigenvalue weighted by atomic mass is 10.2. The molecule has 0 aliphatic carbocycles. The second kappa shape index (κ2) is 5.94. The number of hydrogen-bond acceptors (Lipinski definition) is 3. The molecule has 0 heterocycles. The summed E-state index contributed by atoms with van der Waals surface area (Å²) in [7, 11) is 3.78. The average molecular weight is 211 g/mol. The molecule has 0 fully saturated rings. The van der Waals surface area contributed by atoms with Crippen LogP contribution < -0.4 is 4.74 Å². The van der Waals surface area contributed by atoms with E-state index in [0.29, 0.717) is 0 Å². The average Bonchev–Trinajstić information content (AvgIpc) is 2.18. The highest BCUT2D eigenvalue weighted by molar-refractivity contribution is 7.80. The Bertz CT molecular complexity index is 278. The number of hydrogen-bond donors (Lipinski definition) is 1. The van der Waals surface area contributed by atoms with Crippen LogP contribution in [0.4, 0.5) is 0 Å². The lowest BCUT2D eigenvalue weighted by Crippen LogP contribution is -2.19. The van der Waals surface area contributed by atoms with Gasteiger partial charge in [-0.05, 0) is 24.7 Å². The summed E-state index contributed by atoms with van der Waals surface area (Å²) in [6.45, 7) is 1.94. The number of ether oxygens (including phenoxy) is 1. The maximum atomic E-state index is 5.16. The fraction of sp³-hybridized carbons (Fsp3) is 0.455. The molecule has 0 aromatic heterocycles. The Morgan fingerprint density at radius 3 is 2.86 bits per heavy atom. The molecule has 1 aromatic rings. The summed E-state index contributed by atoms with van der Waals surface area (Å²) in [5.41, 5.74) is 1.27. The third kappa shape index (κ3) is 3.60. The zero-order valence-corrected chi connectivity index (χ0v) is 9.63. The zero-order chi connectivity index (χ0) is 10.4. The number of benzene rings is 1. The Balaban J connectivity index is 2.57. The fourth-order valence-corrected chi connectivity index (χ4v) is 1.67. The van der Waals surface area contributed by atoms with Gasteiger partial charge in [-0.2, -0.15) is 12.6 Å². The van der Waals surface area contributed by atoms with Crippen molar-refractivity contribution < 1.29 is 4.74 Å². The van der Waals surface area contributed by atoms with Crippen molar-refractivity contribution in [3.63, 3.8) is 0 Å². The topological polar surface area (TPSA) is 12.5 Å². The van der Waals surface area contributed by atoms with E-state index in [0.717, 1.165) is 24.6 Å². The van der Waals surface area contributed by atoms with Crippen molar-refractivity contribution in [1.29, 1.82) is 0 Å². The van der Waals surface area contributed by atoms with E-state index in [9.17, 15) is 0 Å². The summed E-state index contributed by atoms with van der Waals surface area (Å²) >= 11 is 4.20. The first-order valence-corrected chi connectivity index (χ1v) is 5.32. The van der Waals surface area contributed by atoms with E-state index < -0.39 is 0 Å². The van der Waals surface area contributed by atoms with Crippen molar-refractivity contribution in [3.8, 4) is 5.75 Å². The molecule has 0 bridgehead atoms. The minimum atomic E-state index is 0.889. The smallest absolute Gasteiger partial charge is 0.119 e. The molecule has 0 aliphatic rings. The van der Waals surface area contributed by atoms with Crippen LogP contribution in [0.1, 0.15) is 5.56 Å². The molecule has 2 nitrogen and oxygen atoms in total. The maximum Gasteiger partial charge on any atom is 0.119 e. The standard InChI is InChI=1S/C11H17NOS/c1-12(6-7-14)9-10-4-3-5-11(8-10)13-2/h3-5,8,14H,6-7,9H2,1-2H3. The van der Waals surface area contributed by atoms with E-state index in [2.05, 4.69) is 36.7 Å². The molecule has 1 rings (SSSR count). The molecule has 0 radical (unpaired) electrons. The van der Waals surface area contributed by atoms with E-state index in [1.807, 2.05) is 12.1 Å². The van der Waals surface area contributed by atoms with Gasteiger partial charge in [0.1, 0.15) is 5.75 Å². The molecule has 0 spiro atoms. The summed E-state index contributed by atoms with van der Waals surface area (Å²) in [4.78, 5) is 2.24. The highest BCUT2D eigenvalue weighted by Crippen LogP contribution is 2.13. The quantitative estimate of drug-likeness (QED) is 0.748. The van der Waals surface area contributed by atoms with Gasteiger partial charge >= 0.3 is 0 Å². The first kappa shape index (κ1) is 11.4. The van der Waals surface area contributed by atoms with Crippen LogP contribution in [0, 0.1) is 0 Å². The van der Waals surface area contributed by atoms with E-state index >= 15 is 0 Å². The van der Waals surface area contributed by atoms with Gasteiger partial charge in [0.05, 0.1) is 7.11 Å². The van der Waals surface area contributed by atoms with Gasteiger partial charge in [-0.15, -0.1) is 0 Å². The Hall–Kier alpha value is -0.670. The largest absolute Gasteiger partial charge is 0.497 e. The molecule has 78 valence electrons. The van der Waals surface area contributed by atoms with Gasteiger partial charge in [0, 0.05) is 18.8 Å². The Kier molecular flexibility index (Phi) is 4.84. The van der Waals surface area contributed by atoms with Crippen LogP contribution in [0.25, 0.3) is 0 Å². The van der Waals surface area contributed by atoms with E-state index in [4.69, 9.17) is 4.74 Å². The van der Waals surface area contributed by atoms with Crippen LogP contribution in [-0.2, 0) is 6.54 Å². The van der Waals surface area contributed by atoms with Crippen LogP contribution >= 0.6 is 12.6 Å². The highest BCUT2D eigenvalue weighted by Gasteiger charge is 2.00. The van der Waals surface area contributed by atoms with Gasteiger partial charge in [-0.3, -0.25) is 0 Å². The van der Waals surface area contributed by atoms with Crippen LogP contribution in [0.2, 0.25) is 0 Å². The first-order valence-electron chi connectivity index (χ1n) is 4.68. The van der Waals surface area contributed by atoms with E-state index in [-0.39, 0.29) is 0 Å².